The van der Waals surface area contributed by atoms with E-state index < -0.39 is 12.1 Å². The lowest BCUT2D eigenvalue weighted by Gasteiger charge is -2.29. The quantitative estimate of drug-likeness (QED) is 0.810. The lowest BCUT2D eigenvalue weighted by molar-refractivity contribution is -0.192. The van der Waals surface area contributed by atoms with Crippen molar-refractivity contribution in [3.8, 4) is 0 Å². The van der Waals surface area contributed by atoms with Crippen LogP contribution in [0.3, 0.4) is 0 Å². The molecule has 1 amide bonds. The highest BCUT2D eigenvalue weighted by Gasteiger charge is 2.38. The molecule has 9 heteroatoms. The van der Waals surface area contributed by atoms with Crippen LogP contribution in [0.25, 0.3) is 0 Å². The summed E-state index contributed by atoms with van der Waals surface area (Å²) in [5.74, 6) is -1.73. The molecule has 0 aromatic heterocycles. The molecule has 0 aromatic carbocycles. The molecule has 138 valence electrons. The van der Waals surface area contributed by atoms with Crippen LogP contribution in [0, 0.1) is 5.92 Å². The van der Waals surface area contributed by atoms with Gasteiger partial charge >= 0.3 is 12.1 Å². The Kier molecular flexibility index (Phi) is 6.45. The van der Waals surface area contributed by atoms with Gasteiger partial charge < -0.3 is 10.4 Å². The van der Waals surface area contributed by atoms with Crippen molar-refractivity contribution in [1.82, 2.24) is 10.4 Å². The first-order chi connectivity index (χ1) is 11.3. The molecule has 6 nitrogen and oxygen atoms in total. The van der Waals surface area contributed by atoms with Gasteiger partial charge in [0.25, 0.3) is 0 Å². The van der Waals surface area contributed by atoms with Gasteiger partial charge in [0.15, 0.2) is 0 Å². The fourth-order valence-corrected chi connectivity index (χ4v) is 3.56. The summed E-state index contributed by atoms with van der Waals surface area (Å²) in [5, 5.41) is 12.4. The number of halogens is 3. The normalized spacial score (nSPS) is 29.4. The monoisotopic (exact) mass is 352 g/mol. The minimum Gasteiger partial charge on any atom is -0.475 e. The zero-order valence-corrected chi connectivity index (χ0v) is 13.3. The Labute approximate surface area is 138 Å². The maximum absolute atomic E-state index is 11.4. The van der Waals surface area contributed by atoms with Gasteiger partial charge in [0, 0.05) is 18.6 Å². The molecule has 0 spiro atoms. The van der Waals surface area contributed by atoms with Gasteiger partial charge in [-0.25, -0.2) is 9.86 Å². The maximum atomic E-state index is 11.4. The number of piperidine rings is 1. The summed E-state index contributed by atoms with van der Waals surface area (Å²) in [6, 6.07) is 1.56. The standard InChI is InChI=1S/C13H22N2O2.C2HF3O2/c16-13-5-7-17-15(13)6-1-2-10-8-11-3-4-12(9-10)14-11;3-2(4,5)1(6)7/h10-12,14H,1-9H2;(H,6,7). The molecule has 0 aromatic rings. The molecule has 3 aliphatic rings. The molecular formula is C15H23F3N2O4. The number of nitrogens with zero attached hydrogens (tertiary/aromatic N) is 1. The van der Waals surface area contributed by atoms with Gasteiger partial charge in [-0.3, -0.25) is 9.63 Å². The van der Waals surface area contributed by atoms with Gasteiger partial charge in [-0.05, 0) is 44.4 Å². The van der Waals surface area contributed by atoms with Gasteiger partial charge in [0.2, 0.25) is 5.91 Å². The minimum atomic E-state index is -5.08. The second-order valence-electron chi connectivity index (χ2n) is 6.50. The Hall–Kier alpha value is -1.35. The molecule has 3 saturated heterocycles. The number of hydroxylamine groups is 2. The number of rotatable bonds is 4. The van der Waals surface area contributed by atoms with Gasteiger partial charge in [-0.15, -0.1) is 0 Å². The number of nitrogens with one attached hydrogen (secondary N) is 1. The third kappa shape index (κ3) is 5.62. The third-order valence-electron chi connectivity index (χ3n) is 4.63. The van der Waals surface area contributed by atoms with Crippen LogP contribution in [-0.2, 0) is 14.4 Å². The zero-order chi connectivity index (χ0) is 17.7. The van der Waals surface area contributed by atoms with Crippen LogP contribution >= 0.6 is 0 Å². The molecule has 2 N–H and O–H groups in total. The van der Waals surface area contributed by atoms with E-state index in [2.05, 4.69) is 5.32 Å². The first-order valence-corrected chi connectivity index (χ1v) is 8.25. The summed E-state index contributed by atoms with van der Waals surface area (Å²) in [7, 11) is 0. The van der Waals surface area contributed by atoms with E-state index in [9.17, 15) is 18.0 Å². The van der Waals surface area contributed by atoms with Crippen molar-refractivity contribution >= 4 is 11.9 Å². The SMILES string of the molecule is O=C(O)C(F)(F)F.O=C1CCON1CCCC1CC2CCC(C1)N2. The van der Waals surface area contributed by atoms with Crippen LogP contribution in [0.15, 0.2) is 0 Å². The smallest absolute Gasteiger partial charge is 0.475 e. The van der Waals surface area contributed by atoms with Crippen molar-refractivity contribution in [2.45, 2.75) is 63.2 Å². The first kappa shape index (κ1) is 19.0. The predicted octanol–water partition coefficient (Wildman–Crippen LogP) is 2.09. The Morgan fingerprint density at radius 1 is 1.29 bits per heavy atom. The molecular weight excluding hydrogens is 329 g/mol. The average Bonchev–Trinajstić information content (AvgIpc) is 3.05. The van der Waals surface area contributed by atoms with E-state index in [-0.39, 0.29) is 5.91 Å². The van der Waals surface area contributed by atoms with Crippen LogP contribution in [0.1, 0.15) is 44.9 Å². The predicted molar refractivity (Wildman–Crippen MR) is 77.9 cm³/mol. The Morgan fingerprint density at radius 3 is 2.33 bits per heavy atom. The molecule has 3 rings (SSSR count). The lowest BCUT2D eigenvalue weighted by atomic mass is 9.88. The molecule has 0 saturated carbocycles. The minimum absolute atomic E-state index is 0.162. The van der Waals surface area contributed by atoms with Crippen molar-refractivity contribution in [3.05, 3.63) is 0 Å². The highest BCUT2D eigenvalue weighted by atomic mass is 19.4. The van der Waals surface area contributed by atoms with Crippen molar-refractivity contribution in [3.63, 3.8) is 0 Å². The number of hydrogen-bond donors (Lipinski definition) is 2. The van der Waals surface area contributed by atoms with Gasteiger partial charge in [0.05, 0.1) is 13.0 Å². The molecule has 24 heavy (non-hydrogen) atoms. The molecule has 3 aliphatic heterocycles. The Morgan fingerprint density at radius 2 is 1.88 bits per heavy atom. The topological polar surface area (TPSA) is 78.9 Å². The molecule has 3 fully saturated rings. The number of carbonyl (C=O) groups excluding carboxylic acids is 1. The fourth-order valence-electron chi connectivity index (χ4n) is 3.56. The lowest BCUT2D eigenvalue weighted by Crippen LogP contribution is -2.38. The van der Waals surface area contributed by atoms with Crippen LogP contribution in [0.2, 0.25) is 0 Å². The second kappa shape index (κ2) is 8.15. The average molecular weight is 352 g/mol. The van der Waals surface area contributed by atoms with Crippen molar-refractivity contribution < 1.29 is 32.7 Å². The molecule has 0 radical (unpaired) electrons. The maximum Gasteiger partial charge on any atom is 0.490 e. The number of carboxylic acids is 1. The van der Waals surface area contributed by atoms with Crippen LogP contribution in [0.5, 0.6) is 0 Å². The van der Waals surface area contributed by atoms with E-state index in [0.717, 1.165) is 31.0 Å². The van der Waals surface area contributed by atoms with E-state index in [1.807, 2.05) is 0 Å². The summed E-state index contributed by atoms with van der Waals surface area (Å²) >= 11 is 0. The van der Waals surface area contributed by atoms with E-state index in [1.54, 1.807) is 5.06 Å². The summed E-state index contributed by atoms with van der Waals surface area (Å²) in [6.07, 6.45) is 3.25. The van der Waals surface area contributed by atoms with Crippen molar-refractivity contribution in [2.75, 3.05) is 13.2 Å². The highest BCUT2D eigenvalue weighted by molar-refractivity contribution is 5.76. The zero-order valence-electron chi connectivity index (χ0n) is 13.3. The fraction of sp³-hybridized carbons (Fsp3) is 0.867. The number of fused-ring (bicyclic) bond motifs is 2. The molecule has 2 atom stereocenters. The highest BCUT2D eigenvalue weighted by Crippen LogP contribution is 2.33. The van der Waals surface area contributed by atoms with Crippen LogP contribution in [-0.4, -0.2) is 53.5 Å². The summed E-state index contributed by atoms with van der Waals surface area (Å²) in [5.41, 5.74) is 0. The number of carboxylic acid groups (broad SMARTS) is 1. The molecule has 3 heterocycles. The third-order valence-corrected chi connectivity index (χ3v) is 4.63. The van der Waals surface area contributed by atoms with Crippen LogP contribution < -0.4 is 5.32 Å². The number of hydrogen-bond acceptors (Lipinski definition) is 4. The summed E-state index contributed by atoms with van der Waals surface area (Å²) in [6.45, 7) is 1.37. The Bertz CT molecular complexity index is 446. The first-order valence-electron chi connectivity index (χ1n) is 8.25. The molecule has 2 bridgehead atoms. The Balaban J connectivity index is 0.000000256. The van der Waals surface area contributed by atoms with Crippen molar-refractivity contribution in [1.29, 1.82) is 0 Å². The number of alkyl halides is 3. The van der Waals surface area contributed by atoms with E-state index >= 15 is 0 Å². The molecule has 0 aliphatic carbocycles. The number of amides is 1. The second-order valence-corrected chi connectivity index (χ2v) is 6.50. The largest absolute Gasteiger partial charge is 0.490 e. The number of aliphatic carboxylic acids is 1. The summed E-state index contributed by atoms with van der Waals surface area (Å²) < 4.78 is 31.7. The van der Waals surface area contributed by atoms with E-state index in [0.29, 0.717) is 13.0 Å². The summed E-state index contributed by atoms with van der Waals surface area (Å²) in [4.78, 5) is 25.5. The van der Waals surface area contributed by atoms with E-state index in [4.69, 9.17) is 14.7 Å². The van der Waals surface area contributed by atoms with Gasteiger partial charge in [-0.2, -0.15) is 13.2 Å². The van der Waals surface area contributed by atoms with Gasteiger partial charge in [0.1, 0.15) is 0 Å². The van der Waals surface area contributed by atoms with Gasteiger partial charge in [-0.1, -0.05) is 0 Å². The van der Waals surface area contributed by atoms with Crippen LogP contribution in [0.4, 0.5) is 13.2 Å². The van der Waals surface area contributed by atoms with Crippen molar-refractivity contribution in [2.24, 2.45) is 5.92 Å². The molecule has 2 unspecified atom stereocenters. The number of carbonyl (C=O) groups is 2. The van der Waals surface area contributed by atoms with E-state index in [1.165, 1.54) is 32.1 Å².